The average molecular weight is 466 g/mol. The summed E-state index contributed by atoms with van der Waals surface area (Å²) < 4.78 is 2.46. The second-order valence-corrected chi connectivity index (χ2v) is 10.0. The zero-order chi connectivity index (χ0) is 24.2. The minimum atomic E-state index is 0.106. The quantitative estimate of drug-likeness (QED) is 0.373. The number of hydrogen-bond acceptors (Lipinski definition) is 2. The number of benzene rings is 3. The zero-order valence-corrected chi connectivity index (χ0v) is 20.8. The molecule has 1 N–H and O–H groups in total. The molecular formula is C31H35N3O. The molecule has 1 saturated heterocycles. The number of rotatable bonds is 7. The van der Waals surface area contributed by atoms with Crippen LogP contribution in [0.4, 0.5) is 0 Å². The van der Waals surface area contributed by atoms with Crippen LogP contribution in [0.3, 0.4) is 0 Å². The lowest BCUT2D eigenvalue weighted by molar-refractivity contribution is -0.126. The lowest BCUT2D eigenvalue weighted by Gasteiger charge is -2.31. The SMILES string of the molecule is Cc1cccc(CNC(=O)C2CCN(Cc3cc4ccccc4n3Cc3cccc(C)c3)CC2)c1. The van der Waals surface area contributed by atoms with Crippen molar-refractivity contribution < 1.29 is 4.79 Å². The monoisotopic (exact) mass is 465 g/mol. The number of para-hydroxylation sites is 1. The number of carbonyl (C=O) groups excluding carboxylic acids is 1. The highest BCUT2D eigenvalue weighted by atomic mass is 16.1. The number of piperidine rings is 1. The first-order valence-corrected chi connectivity index (χ1v) is 12.7. The van der Waals surface area contributed by atoms with Crippen LogP contribution < -0.4 is 5.32 Å². The van der Waals surface area contributed by atoms with E-state index in [0.29, 0.717) is 6.54 Å². The highest BCUT2D eigenvalue weighted by molar-refractivity contribution is 5.81. The molecule has 4 nitrogen and oxygen atoms in total. The zero-order valence-electron chi connectivity index (χ0n) is 20.8. The van der Waals surface area contributed by atoms with Gasteiger partial charge in [0, 0.05) is 36.8 Å². The molecule has 4 heteroatoms. The number of amides is 1. The van der Waals surface area contributed by atoms with Gasteiger partial charge in [0.05, 0.1) is 0 Å². The summed E-state index contributed by atoms with van der Waals surface area (Å²) in [5, 5.41) is 4.45. The fourth-order valence-electron chi connectivity index (χ4n) is 5.32. The van der Waals surface area contributed by atoms with E-state index < -0.39 is 0 Å². The van der Waals surface area contributed by atoms with Crippen molar-refractivity contribution in [3.63, 3.8) is 0 Å². The number of nitrogens with one attached hydrogen (secondary N) is 1. The molecule has 5 rings (SSSR count). The van der Waals surface area contributed by atoms with E-state index in [4.69, 9.17) is 0 Å². The van der Waals surface area contributed by atoms with E-state index in [1.165, 1.54) is 33.3 Å². The van der Waals surface area contributed by atoms with Gasteiger partial charge in [0.2, 0.25) is 5.91 Å². The van der Waals surface area contributed by atoms with Gasteiger partial charge in [0.1, 0.15) is 0 Å². The first kappa shape index (κ1) is 23.4. The second-order valence-electron chi connectivity index (χ2n) is 10.0. The van der Waals surface area contributed by atoms with Gasteiger partial charge in [0.15, 0.2) is 0 Å². The van der Waals surface area contributed by atoms with Crippen LogP contribution in [-0.2, 0) is 24.4 Å². The molecule has 0 radical (unpaired) electrons. The van der Waals surface area contributed by atoms with Crippen LogP contribution in [0.2, 0.25) is 0 Å². The van der Waals surface area contributed by atoms with Crippen molar-refractivity contribution in [2.45, 2.75) is 46.3 Å². The van der Waals surface area contributed by atoms with Crippen LogP contribution in [0.5, 0.6) is 0 Å². The Morgan fingerprint density at radius 1 is 0.829 bits per heavy atom. The fourth-order valence-corrected chi connectivity index (χ4v) is 5.32. The molecule has 1 amide bonds. The summed E-state index contributed by atoms with van der Waals surface area (Å²) in [4.78, 5) is 15.3. The maximum Gasteiger partial charge on any atom is 0.223 e. The van der Waals surface area contributed by atoms with Gasteiger partial charge in [-0.25, -0.2) is 0 Å². The average Bonchev–Trinajstić information content (AvgIpc) is 3.20. The molecule has 0 spiro atoms. The third-order valence-corrected chi connectivity index (χ3v) is 7.21. The summed E-state index contributed by atoms with van der Waals surface area (Å²) in [6.45, 7) is 8.55. The highest BCUT2D eigenvalue weighted by Gasteiger charge is 2.25. The summed E-state index contributed by atoms with van der Waals surface area (Å²) in [5.41, 5.74) is 7.64. The van der Waals surface area contributed by atoms with Crippen LogP contribution in [0.1, 0.15) is 40.8 Å². The van der Waals surface area contributed by atoms with Crippen molar-refractivity contribution in [2.75, 3.05) is 13.1 Å². The van der Waals surface area contributed by atoms with Crippen LogP contribution in [0.25, 0.3) is 10.9 Å². The van der Waals surface area contributed by atoms with Crippen molar-refractivity contribution in [3.05, 3.63) is 107 Å². The number of fused-ring (bicyclic) bond motifs is 1. The smallest absolute Gasteiger partial charge is 0.223 e. The molecule has 180 valence electrons. The second kappa shape index (κ2) is 10.5. The van der Waals surface area contributed by atoms with E-state index in [0.717, 1.165) is 44.6 Å². The Morgan fingerprint density at radius 2 is 1.51 bits per heavy atom. The molecule has 4 aromatic rings. The largest absolute Gasteiger partial charge is 0.352 e. The third-order valence-electron chi connectivity index (χ3n) is 7.21. The lowest BCUT2D eigenvalue weighted by atomic mass is 9.95. The Bertz CT molecular complexity index is 1310. The summed E-state index contributed by atoms with van der Waals surface area (Å²) in [7, 11) is 0. The molecule has 0 unspecified atom stereocenters. The molecule has 0 atom stereocenters. The molecule has 1 fully saturated rings. The summed E-state index contributed by atoms with van der Waals surface area (Å²) in [6, 6.07) is 28.1. The Labute approximate surface area is 208 Å². The number of carbonyl (C=O) groups is 1. The Kier molecular flexibility index (Phi) is 7.01. The van der Waals surface area contributed by atoms with E-state index >= 15 is 0 Å². The maximum atomic E-state index is 12.8. The highest BCUT2D eigenvalue weighted by Crippen LogP contribution is 2.25. The van der Waals surface area contributed by atoms with Crippen molar-refractivity contribution in [1.29, 1.82) is 0 Å². The van der Waals surface area contributed by atoms with Gasteiger partial charge in [-0.05, 0) is 68.4 Å². The number of likely N-dealkylation sites (tertiary alicyclic amines) is 1. The van der Waals surface area contributed by atoms with Crippen LogP contribution in [0, 0.1) is 19.8 Å². The van der Waals surface area contributed by atoms with E-state index in [2.05, 4.69) is 101 Å². The van der Waals surface area contributed by atoms with Gasteiger partial charge in [-0.2, -0.15) is 0 Å². The van der Waals surface area contributed by atoms with Gasteiger partial charge >= 0.3 is 0 Å². The Hall–Kier alpha value is -3.37. The summed E-state index contributed by atoms with van der Waals surface area (Å²) >= 11 is 0. The normalized spacial score (nSPS) is 14.9. The molecule has 1 aromatic heterocycles. The molecule has 1 aliphatic heterocycles. The van der Waals surface area contributed by atoms with Crippen molar-refractivity contribution in [1.82, 2.24) is 14.8 Å². The van der Waals surface area contributed by atoms with Crippen molar-refractivity contribution in [2.24, 2.45) is 5.92 Å². The predicted octanol–water partition coefficient (Wildman–Crippen LogP) is 5.83. The van der Waals surface area contributed by atoms with Gasteiger partial charge in [0.25, 0.3) is 0 Å². The van der Waals surface area contributed by atoms with Crippen molar-refractivity contribution >= 4 is 16.8 Å². The Balaban J connectivity index is 1.22. The summed E-state index contributed by atoms with van der Waals surface area (Å²) in [6.07, 6.45) is 1.83. The van der Waals surface area contributed by atoms with Crippen LogP contribution >= 0.6 is 0 Å². The van der Waals surface area contributed by atoms with Gasteiger partial charge in [-0.3, -0.25) is 9.69 Å². The van der Waals surface area contributed by atoms with E-state index in [9.17, 15) is 4.79 Å². The standard InChI is InChI=1S/C31H35N3O/c1-23-7-5-9-25(17-23)20-32-31(35)27-13-15-33(16-14-27)22-29-19-28-11-3-4-12-30(28)34(29)21-26-10-6-8-24(2)18-26/h3-12,17-19,27H,13-16,20-22H2,1-2H3,(H,32,35). The van der Waals surface area contributed by atoms with Gasteiger partial charge in [-0.1, -0.05) is 77.9 Å². The van der Waals surface area contributed by atoms with E-state index in [1.54, 1.807) is 0 Å². The molecule has 35 heavy (non-hydrogen) atoms. The minimum Gasteiger partial charge on any atom is -0.352 e. The predicted molar refractivity (Wildman–Crippen MR) is 143 cm³/mol. The Morgan fingerprint density at radius 3 is 2.26 bits per heavy atom. The molecule has 0 saturated carbocycles. The number of aromatic nitrogens is 1. The maximum absolute atomic E-state index is 12.8. The lowest BCUT2D eigenvalue weighted by Crippen LogP contribution is -2.40. The van der Waals surface area contributed by atoms with Crippen LogP contribution in [-0.4, -0.2) is 28.5 Å². The molecule has 0 bridgehead atoms. The molecule has 3 aromatic carbocycles. The van der Waals surface area contributed by atoms with Crippen molar-refractivity contribution in [3.8, 4) is 0 Å². The first-order chi connectivity index (χ1) is 17.0. The molecule has 0 aliphatic carbocycles. The molecule has 2 heterocycles. The van der Waals surface area contributed by atoms with E-state index in [1.807, 2.05) is 6.07 Å². The topological polar surface area (TPSA) is 37.3 Å². The number of nitrogens with zero attached hydrogens (tertiary/aromatic N) is 2. The fraction of sp³-hybridized carbons (Fsp3) is 0.323. The number of aryl methyl sites for hydroxylation is 2. The van der Waals surface area contributed by atoms with E-state index in [-0.39, 0.29) is 11.8 Å². The number of hydrogen-bond donors (Lipinski definition) is 1. The third kappa shape index (κ3) is 5.66. The van der Waals surface area contributed by atoms with Gasteiger partial charge < -0.3 is 9.88 Å². The van der Waals surface area contributed by atoms with Crippen LogP contribution in [0.15, 0.2) is 78.9 Å². The first-order valence-electron chi connectivity index (χ1n) is 12.7. The minimum absolute atomic E-state index is 0.106. The molecular weight excluding hydrogens is 430 g/mol. The molecule has 1 aliphatic rings. The van der Waals surface area contributed by atoms with Gasteiger partial charge in [-0.15, -0.1) is 0 Å². The summed E-state index contributed by atoms with van der Waals surface area (Å²) in [5.74, 6) is 0.300.